The molecule has 19 heavy (non-hydrogen) atoms. The van der Waals surface area contributed by atoms with Crippen molar-refractivity contribution in [1.82, 2.24) is 10.1 Å². The van der Waals surface area contributed by atoms with Crippen LogP contribution in [0.5, 0.6) is 0 Å². The van der Waals surface area contributed by atoms with Crippen molar-refractivity contribution in [2.45, 2.75) is 6.92 Å². The molecule has 0 amide bonds. The summed E-state index contributed by atoms with van der Waals surface area (Å²) in [6.07, 6.45) is 0. The summed E-state index contributed by atoms with van der Waals surface area (Å²) in [5.74, 6) is 1.19. The highest BCUT2D eigenvalue weighted by atomic mass is 127. The fraction of sp³-hybridized carbons (Fsp3) is 0.0667. The Balaban J connectivity index is 2.06. The van der Waals surface area contributed by atoms with Gasteiger partial charge in [-0.2, -0.15) is 4.98 Å². The third kappa shape index (κ3) is 2.40. The standard InChI is InChI=1S/C15H11IN2O/c1-10-6-2-3-7-11(10)14-17-15(19-18-14)12-8-4-5-9-13(12)16/h2-9H,1H3. The number of rotatable bonds is 2. The minimum atomic E-state index is 0.559. The lowest BCUT2D eigenvalue weighted by Crippen LogP contribution is -1.85. The quantitative estimate of drug-likeness (QED) is 0.638. The van der Waals surface area contributed by atoms with Crippen LogP contribution in [0.15, 0.2) is 53.1 Å². The van der Waals surface area contributed by atoms with Gasteiger partial charge in [0.1, 0.15) is 0 Å². The van der Waals surface area contributed by atoms with Crippen LogP contribution in [0.25, 0.3) is 22.8 Å². The fourth-order valence-corrected chi connectivity index (χ4v) is 2.52. The Labute approximate surface area is 124 Å². The van der Waals surface area contributed by atoms with Gasteiger partial charge in [-0.3, -0.25) is 0 Å². The highest BCUT2D eigenvalue weighted by molar-refractivity contribution is 14.1. The third-order valence-corrected chi connectivity index (χ3v) is 3.86. The number of hydrogen-bond acceptors (Lipinski definition) is 3. The van der Waals surface area contributed by atoms with E-state index in [0.717, 1.165) is 20.3 Å². The van der Waals surface area contributed by atoms with Crippen LogP contribution in [0.1, 0.15) is 5.56 Å². The van der Waals surface area contributed by atoms with Gasteiger partial charge in [0.05, 0.1) is 5.56 Å². The number of benzene rings is 2. The second-order valence-corrected chi connectivity index (χ2v) is 5.38. The maximum atomic E-state index is 5.38. The SMILES string of the molecule is Cc1ccccc1-c1noc(-c2ccccc2I)n1. The Hall–Kier alpha value is -1.69. The van der Waals surface area contributed by atoms with E-state index in [4.69, 9.17) is 4.52 Å². The van der Waals surface area contributed by atoms with Crippen LogP contribution >= 0.6 is 22.6 Å². The van der Waals surface area contributed by atoms with E-state index in [9.17, 15) is 0 Å². The molecule has 4 heteroatoms. The Bertz CT molecular complexity index is 661. The van der Waals surface area contributed by atoms with Crippen molar-refractivity contribution in [3.63, 3.8) is 0 Å². The van der Waals surface area contributed by atoms with Crippen LogP contribution in [0, 0.1) is 10.5 Å². The smallest absolute Gasteiger partial charge is 0.259 e. The van der Waals surface area contributed by atoms with Crippen LogP contribution < -0.4 is 0 Å². The van der Waals surface area contributed by atoms with Gasteiger partial charge in [0.25, 0.3) is 5.89 Å². The summed E-state index contributed by atoms with van der Waals surface area (Å²) in [5.41, 5.74) is 3.11. The van der Waals surface area contributed by atoms with E-state index in [1.165, 1.54) is 0 Å². The van der Waals surface area contributed by atoms with Gasteiger partial charge in [-0.1, -0.05) is 41.6 Å². The van der Waals surface area contributed by atoms with E-state index >= 15 is 0 Å². The summed E-state index contributed by atoms with van der Waals surface area (Å²) in [4.78, 5) is 4.49. The monoisotopic (exact) mass is 362 g/mol. The summed E-state index contributed by atoms with van der Waals surface area (Å²) in [5, 5.41) is 4.08. The molecule has 1 aromatic heterocycles. The molecule has 0 atom stereocenters. The van der Waals surface area contributed by atoms with E-state index in [-0.39, 0.29) is 0 Å². The van der Waals surface area contributed by atoms with Crippen LogP contribution in [0.4, 0.5) is 0 Å². The van der Waals surface area contributed by atoms with E-state index < -0.39 is 0 Å². The van der Waals surface area contributed by atoms with Gasteiger partial charge < -0.3 is 4.52 Å². The molecule has 0 aliphatic carbocycles. The van der Waals surface area contributed by atoms with Crippen molar-refractivity contribution in [1.29, 1.82) is 0 Å². The van der Waals surface area contributed by atoms with Gasteiger partial charge in [-0.25, -0.2) is 0 Å². The molecule has 3 aromatic rings. The molecule has 0 spiro atoms. The molecule has 0 saturated heterocycles. The first-order valence-corrected chi connectivity index (χ1v) is 6.98. The number of hydrogen-bond donors (Lipinski definition) is 0. The summed E-state index contributed by atoms with van der Waals surface area (Å²) < 4.78 is 6.47. The van der Waals surface area contributed by atoms with Gasteiger partial charge in [-0.05, 0) is 47.2 Å². The van der Waals surface area contributed by atoms with Crippen molar-refractivity contribution in [2.24, 2.45) is 0 Å². The fourth-order valence-electron chi connectivity index (χ4n) is 1.90. The van der Waals surface area contributed by atoms with Gasteiger partial charge in [0, 0.05) is 9.13 Å². The highest BCUT2D eigenvalue weighted by Crippen LogP contribution is 2.27. The number of aryl methyl sites for hydroxylation is 1. The summed E-state index contributed by atoms with van der Waals surface area (Å²) in [6, 6.07) is 16.0. The van der Waals surface area contributed by atoms with Gasteiger partial charge in [0.2, 0.25) is 5.82 Å². The predicted octanol–water partition coefficient (Wildman–Crippen LogP) is 4.32. The molecule has 0 fully saturated rings. The lowest BCUT2D eigenvalue weighted by atomic mass is 10.1. The molecular weight excluding hydrogens is 351 g/mol. The second kappa shape index (κ2) is 5.13. The molecule has 1 heterocycles. The van der Waals surface area contributed by atoms with Crippen molar-refractivity contribution in [3.05, 3.63) is 57.7 Å². The molecule has 0 bridgehead atoms. The first kappa shape index (κ1) is 12.3. The maximum absolute atomic E-state index is 5.38. The maximum Gasteiger partial charge on any atom is 0.259 e. The zero-order valence-corrected chi connectivity index (χ0v) is 12.5. The molecule has 0 N–H and O–H groups in total. The summed E-state index contributed by atoms with van der Waals surface area (Å²) in [7, 11) is 0. The molecule has 3 nitrogen and oxygen atoms in total. The molecule has 0 radical (unpaired) electrons. The molecule has 3 rings (SSSR count). The molecule has 94 valence electrons. The summed E-state index contributed by atoms with van der Waals surface area (Å²) in [6.45, 7) is 2.04. The lowest BCUT2D eigenvalue weighted by molar-refractivity contribution is 0.432. The minimum absolute atomic E-state index is 0.559. The zero-order chi connectivity index (χ0) is 13.2. The van der Waals surface area contributed by atoms with E-state index in [2.05, 4.69) is 32.7 Å². The number of aromatic nitrogens is 2. The van der Waals surface area contributed by atoms with Gasteiger partial charge >= 0.3 is 0 Å². The van der Waals surface area contributed by atoms with Crippen molar-refractivity contribution in [2.75, 3.05) is 0 Å². The Morgan fingerprint density at radius 3 is 2.37 bits per heavy atom. The molecule has 2 aromatic carbocycles. The zero-order valence-electron chi connectivity index (χ0n) is 10.3. The van der Waals surface area contributed by atoms with Crippen LogP contribution in [0.3, 0.4) is 0 Å². The van der Waals surface area contributed by atoms with Crippen LogP contribution in [-0.2, 0) is 0 Å². The first-order valence-electron chi connectivity index (χ1n) is 5.90. The van der Waals surface area contributed by atoms with Crippen LogP contribution in [-0.4, -0.2) is 10.1 Å². The average molecular weight is 362 g/mol. The highest BCUT2D eigenvalue weighted by Gasteiger charge is 2.13. The summed E-state index contributed by atoms with van der Waals surface area (Å²) >= 11 is 2.27. The Morgan fingerprint density at radius 1 is 0.947 bits per heavy atom. The topological polar surface area (TPSA) is 38.9 Å². The van der Waals surface area contributed by atoms with E-state index in [1.54, 1.807) is 0 Å². The number of nitrogens with zero attached hydrogens (tertiary/aromatic N) is 2. The molecule has 0 saturated carbocycles. The van der Waals surface area contributed by atoms with Crippen LogP contribution in [0.2, 0.25) is 0 Å². The van der Waals surface area contributed by atoms with Crippen molar-refractivity contribution < 1.29 is 4.52 Å². The van der Waals surface area contributed by atoms with Crippen molar-refractivity contribution >= 4 is 22.6 Å². The predicted molar refractivity (Wildman–Crippen MR) is 82.6 cm³/mol. The van der Waals surface area contributed by atoms with E-state index in [0.29, 0.717) is 11.7 Å². The van der Waals surface area contributed by atoms with Gasteiger partial charge in [0.15, 0.2) is 0 Å². The normalized spacial score (nSPS) is 10.6. The molecular formula is C15H11IN2O. The number of halogens is 1. The lowest BCUT2D eigenvalue weighted by Gasteiger charge is -1.98. The average Bonchev–Trinajstić information content (AvgIpc) is 2.89. The minimum Gasteiger partial charge on any atom is -0.334 e. The third-order valence-electron chi connectivity index (χ3n) is 2.92. The Morgan fingerprint density at radius 2 is 1.63 bits per heavy atom. The van der Waals surface area contributed by atoms with Gasteiger partial charge in [-0.15, -0.1) is 0 Å². The first-order chi connectivity index (χ1) is 9.25. The Kier molecular flexibility index (Phi) is 3.33. The molecule has 0 aliphatic rings. The molecule has 0 unspecified atom stereocenters. The van der Waals surface area contributed by atoms with E-state index in [1.807, 2.05) is 55.5 Å². The van der Waals surface area contributed by atoms with Crippen molar-refractivity contribution in [3.8, 4) is 22.8 Å². The second-order valence-electron chi connectivity index (χ2n) is 4.22. The largest absolute Gasteiger partial charge is 0.334 e. The molecule has 0 aliphatic heterocycles.